The largest absolute Gasteiger partial charge is 0.394 e. The van der Waals surface area contributed by atoms with E-state index in [1.165, 1.54) is 167 Å². The highest BCUT2D eigenvalue weighted by Crippen LogP contribution is 2.30. The van der Waals surface area contributed by atoms with Crippen LogP contribution in [0.1, 0.15) is 264 Å². The molecule has 0 aliphatic carbocycles. The number of carbonyl (C=O) groups is 1. The average Bonchev–Trinajstić information content (AvgIpc) is 3.47. The zero-order chi connectivity index (χ0) is 58.8. The minimum atomic E-state index is -1.79. The van der Waals surface area contributed by atoms with Crippen molar-refractivity contribution < 1.29 is 64.6 Å². The maximum absolute atomic E-state index is 13.3. The first-order valence-electron chi connectivity index (χ1n) is 33.0. The number of carbonyl (C=O) groups excluding carboxylic acids is 1. The lowest BCUT2D eigenvalue weighted by atomic mass is 9.97. The Hall–Kier alpha value is -2.31. The smallest absolute Gasteiger partial charge is 0.220 e. The van der Waals surface area contributed by atoms with Gasteiger partial charge in [-0.25, -0.2) is 0 Å². The molecular weight excluding hydrogens is 1030 g/mol. The van der Waals surface area contributed by atoms with E-state index < -0.39 is 86.8 Å². The van der Waals surface area contributed by atoms with Crippen LogP contribution in [0.5, 0.6) is 0 Å². The van der Waals surface area contributed by atoms with Crippen LogP contribution < -0.4 is 5.32 Å². The molecule has 81 heavy (non-hydrogen) atoms. The van der Waals surface area contributed by atoms with Crippen LogP contribution in [0.25, 0.3) is 0 Å². The van der Waals surface area contributed by atoms with Crippen molar-refractivity contribution in [2.45, 2.75) is 338 Å². The van der Waals surface area contributed by atoms with Gasteiger partial charge in [0, 0.05) is 6.42 Å². The third-order valence-electron chi connectivity index (χ3n) is 16.0. The summed E-state index contributed by atoms with van der Waals surface area (Å²) in [4.78, 5) is 13.3. The number of rotatable bonds is 53. The number of hydrogen-bond acceptors (Lipinski definition) is 13. The Morgan fingerprint density at radius 1 is 0.457 bits per heavy atom. The van der Waals surface area contributed by atoms with E-state index in [2.05, 4.69) is 67.8 Å². The topological polar surface area (TPSA) is 228 Å². The van der Waals surface area contributed by atoms with Gasteiger partial charge in [0.15, 0.2) is 12.6 Å². The number of aliphatic hydroxyl groups is 8. The molecule has 0 radical (unpaired) electrons. The van der Waals surface area contributed by atoms with Crippen LogP contribution in [0.2, 0.25) is 0 Å². The predicted molar refractivity (Wildman–Crippen MR) is 327 cm³/mol. The SMILES string of the molecule is CC/C=C\C/C=C\C/C=C\C/C=C\CCCCCCCCCCCCC(=O)NC(COC1OC(CO)C(OC2OC(CO)C(O)C(O)C2O)C(O)C1O)C(O)/C=C/CCCCCCCCCCCCCCCCCCCCCCCC. The number of unbranched alkanes of at least 4 members (excludes halogenated alkanes) is 32. The molecule has 0 aromatic rings. The molecule has 1 amide bonds. The molecule has 2 saturated heterocycles. The molecule has 9 N–H and O–H groups in total. The fourth-order valence-corrected chi connectivity index (χ4v) is 10.7. The van der Waals surface area contributed by atoms with Gasteiger partial charge in [0.05, 0.1) is 32.0 Å². The molecule has 2 heterocycles. The van der Waals surface area contributed by atoms with E-state index in [4.69, 9.17) is 18.9 Å². The molecule has 2 fully saturated rings. The number of allylic oxidation sites excluding steroid dienone is 9. The van der Waals surface area contributed by atoms with Crippen molar-refractivity contribution in [1.29, 1.82) is 0 Å². The van der Waals surface area contributed by atoms with E-state index in [1.807, 2.05) is 6.08 Å². The molecule has 2 rings (SSSR count). The highest BCUT2D eigenvalue weighted by Gasteiger charge is 2.51. The summed E-state index contributed by atoms with van der Waals surface area (Å²) in [7, 11) is 0. The number of hydrogen-bond donors (Lipinski definition) is 9. The lowest BCUT2D eigenvalue weighted by Gasteiger charge is -2.46. The summed E-state index contributed by atoms with van der Waals surface area (Å²) < 4.78 is 22.8. The third kappa shape index (κ3) is 37.0. The molecule has 12 unspecified atom stereocenters. The van der Waals surface area contributed by atoms with Gasteiger partial charge < -0.3 is 65.1 Å². The third-order valence-corrected chi connectivity index (χ3v) is 16.0. The molecule has 0 aromatic heterocycles. The van der Waals surface area contributed by atoms with E-state index in [-0.39, 0.29) is 18.9 Å². The lowest BCUT2D eigenvalue weighted by Crippen LogP contribution is -2.65. The van der Waals surface area contributed by atoms with Crippen molar-refractivity contribution in [1.82, 2.24) is 5.32 Å². The fourth-order valence-electron chi connectivity index (χ4n) is 10.7. The van der Waals surface area contributed by atoms with Crippen LogP contribution in [0, 0.1) is 0 Å². The number of aliphatic hydroxyl groups excluding tert-OH is 8. The summed E-state index contributed by atoms with van der Waals surface area (Å²) >= 11 is 0. The van der Waals surface area contributed by atoms with Crippen molar-refractivity contribution >= 4 is 5.91 Å². The van der Waals surface area contributed by atoms with Crippen molar-refractivity contribution in [3.63, 3.8) is 0 Å². The van der Waals surface area contributed by atoms with Crippen LogP contribution in [-0.4, -0.2) is 140 Å². The van der Waals surface area contributed by atoms with Crippen molar-refractivity contribution in [2.24, 2.45) is 0 Å². The van der Waals surface area contributed by atoms with Crippen molar-refractivity contribution in [3.05, 3.63) is 60.8 Å². The standard InChI is InChI=1S/C67H121NO13/c1-3-5-7-9-11-13-15-17-19-21-23-25-27-29-30-32-34-36-38-40-42-44-46-48-50-56(71)55(54-78-66-64(77)62(75)65(58(53-70)80-66)81-67-63(76)61(74)60(73)57(52-69)79-67)68-59(72)51-49-47-45-43-41-39-37-35-33-31-28-26-24-22-20-18-16-14-12-10-8-6-4-2/h6,8,12,14,18,20,24,26,48,50,55-58,60-67,69-71,73-77H,3-5,7,9-11,13,15-17,19,21-23,25,27-47,49,51-54H2,1-2H3,(H,68,72)/b8-6-,14-12-,20-18-,26-24-,50-48+. The lowest BCUT2D eigenvalue weighted by molar-refractivity contribution is -0.359. The average molecular weight is 1150 g/mol. The van der Waals surface area contributed by atoms with E-state index >= 15 is 0 Å². The first-order chi connectivity index (χ1) is 39.6. The second kappa shape index (κ2) is 52.1. The van der Waals surface area contributed by atoms with Crippen LogP contribution in [0.3, 0.4) is 0 Å². The Morgan fingerprint density at radius 3 is 1.31 bits per heavy atom. The van der Waals surface area contributed by atoms with Gasteiger partial charge in [-0.2, -0.15) is 0 Å². The summed E-state index contributed by atoms with van der Waals surface area (Å²) in [6, 6.07) is -0.921. The predicted octanol–water partition coefficient (Wildman–Crippen LogP) is 12.5. The molecule has 14 nitrogen and oxygen atoms in total. The Balaban J connectivity index is 1.72. The van der Waals surface area contributed by atoms with Gasteiger partial charge in [0.25, 0.3) is 0 Å². The van der Waals surface area contributed by atoms with E-state index in [1.54, 1.807) is 6.08 Å². The summed E-state index contributed by atoms with van der Waals surface area (Å²) in [5, 5.41) is 87.3. The normalized spacial score (nSPS) is 24.5. The molecule has 0 aromatic carbocycles. The van der Waals surface area contributed by atoms with Crippen molar-refractivity contribution in [2.75, 3.05) is 19.8 Å². The Bertz CT molecular complexity index is 1590. The highest BCUT2D eigenvalue weighted by molar-refractivity contribution is 5.76. The summed E-state index contributed by atoms with van der Waals surface area (Å²) in [6.07, 6.45) is 51.1. The first kappa shape index (κ1) is 74.8. The van der Waals surface area contributed by atoms with Crippen LogP contribution >= 0.6 is 0 Å². The molecule has 0 spiro atoms. The Labute approximate surface area is 492 Å². The zero-order valence-corrected chi connectivity index (χ0v) is 51.0. The molecule has 0 bridgehead atoms. The van der Waals surface area contributed by atoms with Crippen LogP contribution in [-0.2, 0) is 23.7 Å². The molecule has 472 valence electrons. The number of ether oxygens (including phenoxy) is 4. The molecule has 0 saturated carbocycles. The van der Waals surface area contributed by atoms with Gasteiger partial charge in [-0.05, 0) is 57.8 Å². The molecule has 14 heteroatoms. The van der Waals surface area contributed by atoms with Gasteiger partial charge >= 0.3 is 0 Å². The second-order valence-electron chi connectivity index (χ2n) is 23.2. The number of nitrogens with one attached hydrogen (secondary N) is 1. The molecule has 2 aliphatic heterocycles. The van der Waals surface area contributed by atoms with Gasteiger partial charge in [-0.1, -0.05) is 261 Å². The Morgan fingerprint density at radius 2 is 0.852 bits per heavy atom. The van der Waals surface area contributed by atoms with Gasteiger partial charge in [0.2, 0.25) is 5.91 Å². The minimum absolute atomic E-state index is 0.243. The number of amides is 1. The van der Waals surface area contributed by atoms with Gasteiger partial charge in [-0.3, -0.25) is 4.79 Å². The second-order valence-corrected chi connectivity index (χ2v) is 23.2. The van der Waals surface area contributed by atoms with Crippen molar-refractivity contribution in [3.8, 4) is 0 Å². The first-order valence-corrected chi connectivity index (χ1v) is 33.0. The molecule has 2 aliphatic rings. The summed E-state index contributed by atoms with van der Waals surface area (Å²) in [5.74, 6) is -0.243. The fraction of sp³-hybridized carbons (Fsp3) is 0.836. The van der Waals surface area contributed by atoms with E-state index in [0.29, 0.717) is 6.42 Å². The maximum atomic E-state index is 13.3. The highest BCUT2D eigenvalue weighted by atomic mass is 16.7. The maximum Gasteiger partial charge on any atom is 0.220 e. The van der Waals surface area contributed by atoms with Crippen LogP contribution in [0.4, 0.5) is 0 Å². The quantitative estimate of drug-likeness (QED) is 0.0204. The van der Waals surface area contributed by atoms with E-state index in [0.717, 1.165) is 70.6 Å². The Kier molecular flexibility index (Phi) is 48.1. The van der Waals surface area contributed by atoms with Gasteiger partial charge in [-0.15, -0.1) is 0 Å². The zero-order valence-electron chi connectivity index (χ0n) is 51.0. The van der Waals surface area contributed by atoms with Gasteiger partial charge in [0.1, 0.15) is 48.8 Å². The van der Waals surface area contributed by atoms with Crippen LogP contribution in [0.15, 0.2) is 60.8 Å². The van der Waals surface area contributed by atoms with E-state index in [9.17, 15) is 45.6 Å². The minimum Gasteiger partial charge on any atom is -0.394 e. The molecule has 12 atom stereocenters. The molecular formula is C67H121NO13. The monoisotopic (exact) mass is 1150 g/mol. The summed E-state index contributed by atoms with van der Waals surface area (Å²) in [6.45, 7) is 2.71. The summed E-state index contributed by atoms with van der Waals surface area (Å²) in [5.41, 5.74) is 0.